The van der Waals surface area contributed by atoms with Crippen molar-refractivity contribution in [3.8, 4) is 0 Å². The summed E-state index contributed by atoms with van der Waals surface area (Å²) in [5.41, 5.74) is 1.52. The van der Waals surface area contributed by atoms with Crippen LogP contribution in [0.5, 0.6) is 0 Å². The summed E-state index contributed by atoms with van der Waals surface area (Å²) < 4.78 is 44.8. The highest BCUT2D eigenvalue weighted by Crippen LogP contribution is 2.40. The maximum Gasteiger partial charge on any atom is 0.416 e. The Hall–Kier alpha value is -3.06. The zero-order valence-corrected chi connectivity index (χ0v) is 16.5. The van der Waals surface area contributed by atoms with Crippen LogP contribution in [0.2, 0.25) is 0 Å². The molecule has 0 bridgehead atoms. The van der Waals surface area contributed by atoms with Crippen molar-refractivity contribution < 1.29 is 22.4 Å². The van der Waals surface area contributed by atoms with Crippen LogP contribution < -0.4 is 0 Å². The predicted molar refractivity (Wildman–Crippen MR) is 109 cm³/mol. The molecule has 5 rings (SSSR count). The Morgan fingerprint density at radius 2 is 1.83 bits per heavy atom. The van der Waals surface area contributed by atoms with Crippen molar-refractivity contribution in [2.75, 3.05) is 6.54 Å². The Bertz CT molecular complexity index is 1190. The van der Waals surface area contributed by atoms with Crippen molar-refractivity contribution in [1.82, 2.24) is 4.90 Å². The number of alkyl halides is 3. The number of nitrogens with zero attached hydrogens (tertiary/aromatic N) is 1. The smallest absolute Gasteiger partial charge is 0.416 e. The van der Waals surface area contributed by atoms with E-state index in [4.69, 9.17) is 4.42 Å². The van der Waals surface area contributed by atoms with Gasteiger partial charge in [-0.25, -0.2) is 0 Å². The van der Waals surface area contributed by atoms with Gasteiger partial charge in [0, 0.05) is 16.8 Å². The van der Waals surface area contributed by atoms with E-state index in [-0.39, 0.29) is 11.7 Å². The minimum Gasteiger partial charge on any atom is -0.451 e. The Labute approximate surface area is 174 Å². The topological polar surface area (TPSA) is 33.5 Å². The first-order valence-electron chi connectivity index (χ1n) is 9.45. The number of carbonyl (C=O) groups is 1. The van der Waals surface area contributed by atoms with E-state index in [0.717, 1.165) is 28.0 Å². The van der Waals surface area contributed by atoms with Crippen molar-refractivity contribution in [3.05, 3.63) is 93.4 Å². The van der Waals surface area contributed by atoms with E-state index in [1.54, 1.807) is 28.4 Å². The number of amides is 1. The fourth-order valence-corrected chi connectivity index (χ4v) is 4.88. The molecule has 4 aromatic rings. The summed E-state index contributed by atoms with van der Waals surface area (Å²) in [7, 11) is 0. The van der Waals surface area contributed by atoms with Gasteiger partial charge in [0.05, 0.1) is 11.6 Å². The lowest BCUT2D eigenvalue weighted by molar-refractivity contribution is -0.137. The Balaban J connectivity index is 1.56. The van der Waals surface area contributed by atoms with Crippen LogP contribution in [-0.2, 0) is 12.6 Å². The minimum absolute atomic E-state index is 0.229. The van der Waals surface area contributed by atoms with Gasteiger partial charge in [0.25, 0.3) is 5.91 Å². The number of benzene rings is 2. The molecule has 3 heterocycles. The molecule has 0 saturated heterocycles. The summed E-state index contributed by atoms with van der Waals surface area (Å²) in [6, 6.07) is 15.6. The van der Waals surface area contributed by atoms with Gasteiger partial charge < -0.3 is 9.32 Å². The first kappa shape index (κ1) is 18.9. The zero-order valence-electron chi connectivity index (χ0n) is 15.6. The second-order valence-electron chi connectivity index (χ2n) is 7.22. The molecule has 0 saturated carbocycles. The molecule has 2 aromatic heterocycles. The average Bonchev–Trinajstić information content (AvgIpc) is 3.38. The SMILES string of the molecule is O=C(c1cc2ccccc2o1)N1CCc2sccc2C1c1ccc(C(F)(F)F)cc1. The van der Waals surface area contributed by atoms with Crippen LogP contribution in [0.1, 0.15) is 38.2 Å². The first-order chi connectivity index (χ1) is 14.4. The van der Waals surface area contributed by atoms with Crippen LogP contribution >= 0.6 is 11.3 Å². The summed E-state index contributed by atoms with van der Waals surface area (Å²) in [5.74, 6) is -0.0419. The number of rotatable bonds is 2. The van der Waals surface area contributed by atoms with Gasteiger partial charge in [0.15, 0.2) is 5.76 Å². The maximum atomic E-state index is 13.4. The maximum absolute atomic E-state index is 13.4. The number of carbonyl (C=O) groups excluding carboxylic acids is 1. The van der Waals surface area contributed by atoms with Crippen molar-refractivity contribution in [2.45, 2.75) is 18.6 Å². The monoisotopic (exact) mass is 427 g/mol. The van der Waals surface area contributed by atoms with Crippen LogP contribution in [0.4, 0.5) is 13.2 Å². The first-order valence-corrected chi connectivity index (χ1v) is 10.3. The highest BCUT2D eigenvalue weighted by molar-refractivity contribution is 7.10. The molecule has 0 aliphatic carbocycles. The molecule has 1 unspecified atom stereocenters. The number of hydrogen-bond acceptors (Lipinski definition) is 3. The third kappa shape index (κ3) is 3.19. The van der Waals surface area contributed by atoms with Crippen LogP contribution in [0.15, 0.2) is 70.5 Å². The van der Waals surface area contributed by atoms with Crippen molar-refractivity contribution >= 4 is 28.2 Å². The number of thiophene rings is 1. The molecule has 1 aliphatic rings. The molecule has 152 valence electrons. The second-order valence-corrected chi connectivity index (χ2v) is 8.22. The van der Waals surface area contributed by atoms with Gasteiger partial charge in [0.2, 0.25) is 0 Å². The summed E-state index contributed by atoms with van der Waals surface area (Å²) in [4.78, 5) is 16.2. The number of fused-ring (bicyclic) bond motifs is 2. The lowest BCUT2D eigenvalue weighted by Crippen LogP contribution is -2.40. The van der Waals surface area contributed by atoms with Crippen LogP contribution in [0, 0.1) is 0 Å². The average molecular weight is 427 g/mol. The molecule has 0 radical (unpaired) electrons. The molecule has 30 heavy (non-hydrogen) atoms. The van der Waals surface area contributed by atoms with Crippen molar-refractivity contribution in [1.29, 1.82) is 0 Å². The normalized spacial score (nSPS) is 16.6. The van der Waals surface area contributed by atoms with Gasteiger partial charge in [-0.3, -0.25) is 4.79 Å². The molecule has 1 aliphatic heterocycles. The Morgan fingerprint density at radius 3 is 2.57 bits per heavy atom. The van der Waals surface area contributed by atoms with Gasteiger partial charge in [0.1, 0.15) is 5.58 Å². The predicted octanol–water partition coefficient (Wildman–Crippen LogP) is 6.30. The quantitative estimate of drug-likeness (QED) is 0.376. The summed E-state index contributed by atoms with van der Waals surface area (Å²) in [6.07, 6.45) is -3.70. The van der Waals surface area contributed by atoms with E-state index in [0.29, 0.717) is 24.1 Å². The lowest BCUT2D eigenvalue weighted by Gasteiger charge is -2.36. The van der Waals surface area contributed by atoms with Crippen LogP contribution in [0.3, 0.4) is 0 Å². The van der Waals surface area contributed by atoms with Gasteiger partial charge >= 0.3 is 6.18 Å². The summed E-state index contributed by atoms with van der Waals surface area (Å²) >= 11 is 1.60. The molecule has 2 aromatic carbocycles. The van der Waals surface area contributed by atoms with Gasteiger partial charge in [-0.1, -0.05) is 30.3 Å². The van der Waals surface area contributed by atoms with E-state index in [9.17, 15) is 18.0 Å². The molecular formula is C23H16F3NO2S. The Kier molecular flexibility index (Phi) is 4.43. The number of halogens is 3. The third-order valence-electron chi connectivity index (χ3n) is 5.42. The van der Waals surface area contributed by atoms with Gasteiger partial charge in [-0.15, -0.1) is 11.3 Å². The zero-order chi connectivity index (χ0) is 20.9. The van der Waals surface area contributed by atoms with Gasteiger partial charge in [-0.05, 0) is 53.3 Å². The Morgan fingerprint density at radius 1 is 1.07 bits per heavy atom. The molecule has 0 fully saturated rings. The van der Waals surface area contributed by atoms with Crippen molar-refractivity contribution in [2.24, 2.45) is 0 Å². The van der Waals surface area contributed by atoms with E-state index in [1.807, 2.05) is 29.6 Å². The number of furan rings is 1. The van der Waals surface area contributed by atoms with E-state index < -0.39 is 17.8 Å². The molecule has 0 N–H and O–H groups in total. The molecule has 7 heteroatoms. The lowest BCUT2D eigenvalue weighted by atomic mass is 9.92. The summed E-state index contributed by atoms with van der Waals surface area (Å²) in [6.45, 7) is 0.467. The molecular weight excluding hydrogens is 411 g/mol. The molecule has 3 nitrogen and oxygen atoms in total. The number of para-hydroxylation sites is 1. The molecule has 1 amide bonds. The van der Waals surface area contributed by atoms with E-state index in [2.05, 4.69) is 0 Å². The molecule has 0 spiro atoms. The standard InChI is InChI=1S/C23H16F3NO2S/c24-23(25,26)16-7-5-14(6-8-16)21-17-10-12-30-20(17)9-11-27(21)22(28)19-13-15-3-1-2-4-18(15)29-19/h1-8,10,12-13,21H,9,11H2. The number of hydrogen-bond donors (Lipinski definition) is 0. The van der Waals surface area contributed by atoms with Gasteiger partial charge in [-0.2, -0.15) is 13.2 Å². The fourth-order valence-electron chi connectivity index (χ4n) is 3.98. The molecule has 1 atom stereocenters. The third-order valence-corrected chi connectivity index (χ3v) is 6.41. The minimum atomic E-state index is -4.40. The van der Waals surface area contributed by atoms with E-state index >= 15 is 0 Å². The van der Waals surface area contributed by atoms with Crippen LogP contribution in [-0.4, -0.2) is 17.4 Å². The van der Waals surface area contributed by atoms with E-state index in [1.165, 1.54) is 12.1 Å². The summed E-state index contributed by atoms with van der Waals surface area (Å²) in [5, 5.41) is 2.79. The second kappa shape index (κ2) is 7.02. The van der Waals surface area contributed by atoms with Crippen molar-refractivity contribution in [3.63, 3.8) is 0 Å². The fraction of sp³-hybridized carbons (Fsp3) is 0.174. The largest absolute Gasteiger partial charge is 0.451 e. The van der Waals surface area contributed by atoms with Crippen LogP contribution in [0.25, 0.3) is 11.0 Å². The highest BCUT2D eigenvalue weighted by Gasteiger charge is 2.36. The highest BCUT2D eigenvalue weighted by atomic mass is 32.1.